The molecule has 1 atom stereocenters. The van der Waals surface area contributed by atoms with Gasteiger partial charge in [0.05, 0.1) is 12.1 Å². The Bertz CT molecular complexity index is 569. The maximum atomic E-state index is 12.3. The van der Waals surface area contributed by atoms with Gasteiger partial charge in [-0.25, -0.2) is 0 Å². The van der Waals surface area contributed by atoms with Gasteiger partial charge in [0, 0.05) is 24.0 Å². The Kier molecular flexibility index (Phi) is 4.98. The van der Waals surface area contributed by atoms with Crippen LogP contribution in [0, 0.1) is 17.3 Å². The van der Waals surface area contributed by atoms with Crippen LogP contribution >= 0.6 is 0 Å². The molecule has 0 spiro atoms. The van der Waals surface area contributed by atoms with Crippen molar-refractivity contribution >= 4 is 5.91 Å². The van der Waals surface area contributed by atoms with E-state index in [0.717, 1.165) is 24.8 Å². The molecule has 1 aliphatic carbocycles. The highest BCUT2D eigenvalue weighted by Gasteiger charge is 2.28. The molecule has 4 heteroatoms. The lowest BCUT2D eigenvalue weighted by atomic mass is 9.75. The highest BCUT2D eigenvalue weighted by Crippen LogP contribution is 2.35. The third kappa shape index (κ3) is 4.57. The number of carbonyl (C=O) groups is 1. The van der Waals surface area contributed by atoms with E-state index in [4.69, 9.17) is 5.73 Å². The Morgan fingerprint density at radius 1 is 1.52 bits per heavy atom. The lowest BCUT2D eigenvalue weighted by Crippen LogP contribution is -2.40. The quantitative estimate of drug-likeness (QED) is 0.818. The van der Waals surface area contributed by atoms with Gasteiger partial charge in [0.25, 0.3) is 5.91 Å². The summed E-state index contributed by atoms with van der Waals surface area (Å²) in [5.41, 5.74) is 6.94. The molecule has 0 bridgehead atoms. The topological polar surface area (TPSA) is 68.0 Å². The lowest BCUT2D eigenvalue weighted by molar-refractivity contribution is 0.0902. The van der Waals surface area contributed by atoms with Crippen molar-refractivity contribution in [3.05, 3.63) is 29.6 Å². The molecule has 1 aliphatic rings. The summed E-state index contributed by atoms with van der Waals surface area (Å²) in [6, 6.07) is 2.01. The van der Waals surface area contributed by atoms with Crippen molar-refractivity contribution in [2.45, 2.75) is 45.6 Å². The van der Waals surface area contributed by atoms with E-state index in [1.54, 1.807) is 18.5 Å². The first kappa shape index (κ1) is 15.5. The Labute approximate surface area is 126 Å². The number of aromatic nitrogens is 1. The number of carbonyl (C=O) groups excluding carboxylic acids is 1. The molecule has 1 unspecified atom stereocenters. The zero-order valence-corrected chi connectivity index (χ0v) is 12.8. The summed E-state index contributed by atoms with van der Waals surface area (Å²) in [7, 11) is 0. The summed E-state index contributed by atoms with van der Waals surface area (Å²) in [5.74, 6) is 5.60. The number of hydrogen-bond donors (Lipinski definition) is 2. The molecule has 1 heterocycles. The number of nitrogens with one attached hydrogen (secondary N) is 1. The molecule has 0 aliphatic heterocycles. The molecule has 0 aromatic carbocycles. The first-order chi connectivity index (χ1) is 10.00. The second-order valence-electron chi connectivity index (χ2n) is 6.40. The Hall–Kier alpha value is -1.86. The number of nitrogens with two attached hydrogens (primary N) is 1. The van der Waals surface area contributed by atoms with Gasteiger partial charge in [-0.1, -0.05) is 32.1 Å². The fourth-order valence-corrected chi connectivity index (χ4v) is 2.88. The standard InChI is InChI=1S/C17H23N3O/c1-17(2)7-3-6-15(10-17)20-16(21)14-9-13(5-4-8-18)11-19-12-14/h9,11-12,15H,3,6-8,10,18H2,1-2H3,(H,20,21). The Morgan fingerprint density at radius 2 is 2.33 bits per heavy atom. The molecule has 0 radical (unpaired) electrons. The van der Waals surface area contributed by atoms with E-state index in [1.165, 1.54) is 6.42 Å². The lowest BCUT2D eigenvalue weighted by Gasteiger charge is -2.35. The van der Waals surface area contributed by atoms with Gasteiger partial charge in [0.1, 0.15) is 0 Å². The monoisotopic (exact) mass is 285 g/mol. The van der Waals surface area contributed by atoms with Gasteiger partial charge < -0.3 is 11.1 Å². The van der Waals surface area contributed by atoms with Crippen molar-refractivity contribution in [1.82, 2.24) is 10.3 Å². The van der Waals surface area contributed by atoms with Crippen molar-refractivity contribution in [3.8, 4) is 11.8 Å². The van der Waals surface area contributed by atoms with Crippen LogP contribution in [0.15, 0.2) is 18.5 Å². The molecule has 1 fully saturated rings. The van der Waals surface area contributed by atoms with Crippen molar-refractivity contribution in [3.63, 3.8) is 0 Å². The molecular weight excluding hydrogens is 262 g/mol. The SMILES string of the molecule is CC1(C)CCCC(NC(=O)c2cncc(C#CCN)c2)C1. The molecule has 0 saturated heterocycles. The van der Waals surface area contributed by atoms with Crippen LogP contribution in [0.25, 0.3) is 0 Å². The highest BCUT2D eigenvalue weighted by molar-refractivity contribution is 5.94. The second-order valence-corrected chi connectivity index (χ2v) is 6.40. The van der Waals surface area contributed by atoms with E-state index in [2.05, 4.69) is 36.0 Å². The van der Waals surface area contributed by atoms with Crippen LogP contribution in [0.4, 0.5) is 0 Å². The van der Waals surface area contributed by atoms with Gasteiger partial charge in [-0.2, -0.15) is 0 Å². The Morgan fingerprint density at radius 3 is 3.05 bits per heavy atom. The fourth-order valence-electron chi connectivity index (χ4n) is 2.88. The molecule has 2 rings (SSSR count). The maximum absolute atomic E-state index is 12.3. The fraction of sp³-hybridized carbons (Fsp3) is 0.529. The number of rotatable bonds is 2. The van der Waals surface area contributed by atoms with E-state index in [9.17, 15) is 4.79 Å². The zero-order valence-electron chi connectivity index (χ0n) is 12.8. The van der Waals surface area contributed by atoms with E-state index in [-0.39, 0.29) is 11.9 Å². The molecule has 1 amide bonds. The van der Waals surface area contributed by atoms with Gasteiger partial charge >= 0.3 is 0 Å². The van der Waals surface area contributed by atoms with E-state index >= 15 is 0 Å². The van der Waals surface area contributed by atoms with Crippen LogP contribution in [0.3, 0.4) is 0 Å². The second kappa shape index (κ2) is 6.73. The third-order valence-electron chi connectivity index (χ3n) is 3.88. The molecule has 1 aromatic rings. The van der Waals surface area contributed by atoms with Crippen LogP contribution in [-0.4, -0.2) is 23.5 Å². The molecule has 4 nitrogen and oxygen atoms in total. The highest BCUT2D eigenvalue weighted by atomic mass is 16.1. The van der Waals surface area contributed by atoms with Crippen LogP contribution in [0.5, 0.6) is 0 Å². The van der Waals surface area contributed by atoms with E-state index in [1.807, 2.05) is 0 Å². The van der Waals surface area contributed by atoms with Crippen LogP contribution < -0.4 is 11.1 Å². The molecular formula is C17H23N3O. The van der Waals surface area contributed by atoms with Gasteiger partial charge in [-0.05, 0) is 30.7 Å². The molecule has 3 N–H and O–H groups in total. The number of nitrogens with zero attached hydrogens (tertiary/aromatic N) is 1. The number of hydrogen-bond acceptors (Lipinski definition) is 3. The van der Waals surface area contributed by atoms with Gasteiger partial charge in [-0.3, -0.25) is 9.78 Å². The summed E-state index contributed by atoms with van der Waals surface area (Å²) in [6.45, 7) is 4.82. The average Bonchev–Trinajstić information content (AvgIpc) is 2.44. The molecule has 1 saturated carbocycles. The van der Waals surface area contributed by atoms with Crippen LogP contribution in [-0.2, 0) is 0 Å². The normalized spacial score (nSPS) is 20.2. The summed E-state index contributed by atoms with van der Waals surface area (Å²) in [6.07, 6.45) is 7.69. The van der Waals surface area contributed by atoms with Gasteiger partial charge in [0.15, 0.2) is 0 Å². The maximum Gasteiger partial charge on any atom is 0.253 e. The molecule has 1 aromatic heterocycles. The predicted molar refractivity (Wildman–Crippen MR) is 83.7 cm³/mol. The summed E-state index contributed by atoms with van der Waals surface area (Å²) in [5, 5.41) is 3.12. The Balaban J connectivity index is 2.03. The summed E-state index contributed by atoms with van der Waals surface area (Å²) < 4.78 is 0. The van der Waals surface area contributed by atoms with Crippen LogP contribution in [0.2, 0.25) is 0 Å². The first-order valence-corrected chi connectivity index (χ1v) is 7.45. The number of pyridine rings is 1. The minimum Gasteiger partial charge on any atom is -0.349 e. The van der Waals surface area contributed by atoms with E-state index in [0.29, 0.717) is 17.5 Å². The molecule has 112 valence electrons. The average molecular weight is 285 g/mol. The van der Waals surface area contributed by atoms with Crippen molar-refractivity contribution in [2.24, 2.45) is 11.1 Å². The summed E-state index contributed by atoms with van der Waals surface area (Å²) in [4.78, 5) is 16.4. The van der Waals surface area contributed by atoms with Gasteiger partial charge in [-0.15, -0.1) is 0 Å². The largest absolute Gasteiger partial charge is 0.349 e. The minimum atomic E-state index is -0.0680. The van der Waals surface area contributed by atoms with Crippen molar-refractivity contribution in [2.75, 3.05) is 6.54 Å². The van der Waals surface area contributed by atoms with Crippen molar-refractivity contribution < 1.29 is 4.79 Å². The predicted octanol–water partition coefficient (Wildman–Crippen LogP) is 2.09. The smallest absolute Gasteiger partial charge is 0.253 e. The van der Waals surface area contributed by atoms with Crippen molar-refractivity contribution in [1.29, 1.82) is 0 Å². The number of amides is 1. The van der Waals surface area contributed by atoms with Gasteiger partial charge in [0.2, 0.25) is 0 Å². The van der Waals surface area contributed by atoms with Crippen LogP contribution in [0.1, 0.15) is 55.5 Å². The zero-order chi connectivity index (χ0) is 15.3. The molecule has 21 heavy (non-hydrogen) atoms. The van der Waals surface area contributed by atoms with E-state index < -0.39 is 0 Å². The summed E-state index contributed by atoms with van der Waals surface area (Å²) >= 11 is 0. The first-order valence-electron chi connectivity index (χ1n) is 7.45. The third-order valence-corrected chi connectivity index (χ3v) is 3.88. The minimum absolute atomic E-state index is 0.0680.